The molecule has 0 aliphatic heterocycles. The molecular formula is C12H8N2O4S. The van der Waals surface area contributed by atoms with Crippen molar-refractivity contribution in [1.82, 2.24) is 10.1 Å². The van der Waals surface area contributed by atoms with Gasteiger partial charge in [-0.15, -0.1) is 0 Å². The van der Waals surface area contributed by atoms with Crippen molar-refractivity contribution in [2.24, 2.45) is 0 Å². The van der Waals surface area contributed by atoms with Gasteiger partial charge in [-0.3, -0.25) is 0 Å². The molecule has 96 valence electrons. The number of furan rings is 1. The Morgan fingerprint density at radius 2 is 2.37 bits per heavy atom. The molecule has 6 nitrogen and oxygen atoms in total. The molecule has 0 saturated heterocycles. The Labute approximate surface area is 111 Å². The third-order valence-electron chi connectivity index (χ3n) is 2.29. The van der Waals surface area contributed by atoms with Gasteiger partial charge in [-0.05, 0) is 23.6 Å². The van der Waals surface area contributed by atoms with E-state index < -0.39 is 5.97 Å². The fourth-order valence-electron chi connectivity index (χ4n) is 1.41. The summed E-state index contributed by atoms with van der Waals surface area (Å²) in [7, 11) is 0. The fourth-order valence-corrected chi connectivity index (χ4v) is 2.03. The molecule has 3 aromatic heterocycles. The van der Waals surface area contributed by atoms with Crippen LogP contribution in [-0.4, -0.2) is 16.1 Å². The summed E-state index contributed by atoms with van der Waals surface area (Å²) in [6.45, 7) is -0.0428. The van der Waals surface area contributed by atoms with E-state index in [1.54, 1.807) is 29.0 Å². The molecule has 0 bridgehead atoms. The number of carbonyl (C=O) groups is 1. The Morgan fingerprint density at radius 1 is 1.42 bits per heavy atom. The maximum Gasteiger partial charge on any atom is 0.339 e. The molecule has 0 aromatic carbocycles. The number of carbonyl (C=O) groups excluding carboxylic acids is 1. The van der Waals surface area contributed by atoms with Crippen LogP contribution in [0.2, 0.25) is 0 Å². The molecule has 0 radical (unpaired) electrons. The minimum absolute atomic E-state index is 0.0428. The Morgan fingerprint density at radius 3 is 3.11 bits per heavy atom. The first-order valence-corrected chi connectivity index (χ1v) is 6.33. The normalized spacial score (nSPS) is 10.5. The third-order valence-corrected chi connectivity index (χ3v) is 2.97. The quantitative estimate of drug-likeness (QED) is 0.682. The van der Waals surface area contributed by atoms with E-state index >= 15 is 0 Å². The SMILES string of the molecule is O=C(OCc1noc(-c2ccco2)n1)c1ccsc1. The van der Waals surface area contributed by atoms with Crippen molar-refractivity contribution in [2.45, 2.75) is 6.61 Å². The molecule has 0 saturated carbocycles. The Balaban J connectivity index is 1.63. The Bertz CT molecular complexity index is 658. The molecule has 0 amide bonds. The van der Waals surface area contributed by atoms with Crippen LogP contribution >= 0.6 is 11.3 Å². The van der Waals surface area contributed by atoms with Crippen LogP contribution in [0.1, 0.15) is 16.2 Å². The topological polar surface area (TPSA) is 78.4 Å². The molecule has 3 rings (SSSR count). The zero-order valence-corrected chi connectivity index (χ0v) is 10.4. The lowest BCUT2D eigenvalue weighted by atomic mass is 10.3. The molecule has 3 heterocycles. The average molecular weight is 276 g/mol. The maximum atomic E-state index is 11.6. The number of rotatable bonds is 4. The van der Waals surface area contributed by atoms with Crippen LogP contribution in [-0.2, 0) is 11.3 Å². The van der Waals surface area contributed by atoms with Crippen LogP contribution in [0.3, 0.4) is 0 Å². The van der Waals surface area contributed by atoms with E-state index in [-0.39, 0.29) is 18.3 Å². The van der Waals surface area contributed by atoms with E-state index in [4.69, 9.17) is 13.7 Å². The molecule has 0 aliphatic rings. The predicted molar refractivity (Wildman–Crippen MR) is 65.4 cm³/mol. The van der Waals surface area contributed by atoms with Crippen LogP contribution in [0, 0.1) is 0 Å². The molecule has 7 heteroatoms. The van der Waals surface area contributed by atoms with Gasteiger partial charge in [0.25, 0.3) is 5.89 Å². The van der Waals surface area contributed by atoms with Crippen molar-refractivity contribution in [3.63, 3.8) is 0 Å². The zero-order valence-electron chi connectivity index (χ0n) is 9.61. The van der Waals surface area contributed by atoms with Gasteiger partial charge in [0, 0.05) is 5.38 Å². The number of esters is 1. The van der Waals surface area contributed by atoms with Gasteiger partial charge in [0.1, 0.15) is 0 Å². The molecule has 19 heavy (non-hydrogen) atoms. The summed E-state index contributed by atoms with van der Waals surface area (Å²) in [6, 6.07) is 5.11. The minimum Gasteiger partial charge on any atom is -0.459 e. The van der Waals surface area contributed by atoms with E-state index in [9.17, 15) is 4.79 Å². The molecular weight excluding hydrogens is 268 g/mol. The molecule has 0 spiro atoms. The van der Waals surface area contributed by atoms with E-state index in [0.29, 0.717) is 11.3 Å². The highest BCUT2D eigenvalue weighted by Gasteiger charge is 2.13. The van der Waals surface area contributed by atoms with Crippen LogP contribution in [0.4, 0.5) is 0 Å². The maximum absolute atomic E-state index is 11.6. The van der Waals surface area contributed by atoms with Crippen molar-refractivity contribution in [3.05, 3.63) is 46.6 Å². The highest BCUT2D eigenvalue weighted by molar-refractivity contribution is 7.08. The number of aromatic nitrogens is 2. The first kappa shape index (κ1) is 11.7. The van der Waals surface area contributed by atoms with E-state index in [1.165, 1.54) is 17.6 Å². The van der Waals surface area contributed by atoms with Crippen LogP contribution in [0.15, 0.2) is 44.2 Å². The van der Waals surface area contributed by atoms with Gasteiger partial charge < -0.3 is 13.7 Å². The smallest absolute Gasteiger partial charge is 0.339 e. The van der Waals surface area contributed by atoms with E-state index in [0.717, 1.165) is 0 Å². The summed E-state index contributed by atoms with van der Waals surface area (Å²) in [5.74, 6) is 0.607. The zero-order chi connectivity index (χ0) is 13.1. The molecule has 0 aliphatic carbocycles. The number of thiophene rings is 1. The van der Waals surface area contributed by atoms with Crippen molar-refractivity contribution in [3.8, 4) is 11.7 Å². The van der Waals surface area contributed by atoms with Gasteiger partial charge in [0.2, 0.25) is 5.82 Å². The van der Waals surface area contributed by atoms with Crippen LogP contribution < -0.4 is 0 Å². The summed E-state index contributed by atoms with van der Waals surface area (Å²) in [6.07, 6.45) is 1.51. The van der Waals surface area contributed by atoms with Crippen molar-refractivity contribution in [1.29, 1.82) is 0 Å². The second kappa shape index (κ2) is 5.07. The summed E-state index contributed by atoms with van der Waals surface area (Å²) in [4.78, 5) is 15.7. The standard InChI is InChI=1S/C12H8N2O4S/c15-12(8-3-5-19-7-8)17-6-10-13-11(18-14-10)9-2-1-4-16-9/h1-5,7H,6H2. The van der Waals surface area contributed by atoms with Crippen LogP contribution in [0.5, 0.6) is 0 Å². The first-order chi connectivity index (χ1) is 9.33. The summed E-state index contributed by atoms with van der Waals surface area (Å²) in [5.41, 5.74) is 0.514. The van der Waals surface area contributed by atoms with Gasteiger partial charge >= 0.3 is 5.97 Å². The first-order valence-electron chi connectivity index (χ1n) is 5.39. The van der Waals surface area contributed by atoms with Crippen molar-refractivity contribution >= 4 is 17.3 Å². The third kappa shape index (κ3) is 2.55. The lowest BCUT2D eigenvalue weighted by molar-refractivity contribution is 0.0460. The van der Waals surface area contributed by atoms with Crippen molar-refractivity contribution < 1.29 is 18.5 Å². The molecule has 0 fully saturated rings. The van der Waals surface area contributed by atoms with E-state index in [2.05, 4.69) is 10.1 Å². The second-order valence-corrected chi connectivity index (χ2v) is 4.36. The summed E-state index contributed by atoms with van der Waals surface area (Å²) < 4.78 is 15.2. The van der Waals surface area contributed by atoms with Gasteiger partial charge in [-0.2, -0.15) is 16.3 Å². The fraction of sp³-hybridized carbons (Fsp3) is 0.0833. The lowest BCUT2D eigenvalue weighted by Crippen LogP contribution is -2.04. The Kier molecular flexibility index (Phi) is 3.11. The minimum atomic E-state index is -0.411. The summed E-state index contributed by atoms with van der Waals surface area (Å²) >= 11 is 1.43. The summed E-state index contributed by atoms with van der Waals surface area (Å²) in [5, 5.41) is 7.23. The van der Waals surface area contributed by atoms with Crippen LogP contribution in [0.25, 0.3) is 11.7 Å². The van der Waals surface area contributed by atoms with Gasteiger partial charge in [0.05, 0.1) is 11.8 Å². The molecule has 0 N–H and O–H groups in total. The van der Waals surface area contributed by atoms with Crippen molar-refractivity contribution in [2.75, 3.05) is 0 Å². The average Bonchev–Trinajstić information content (AvgIpc) is 3.14. The van der Waals surface area contributed by atoms with Gasteiger partial charge in [0.15, 0.2) is 12.4 Å². The second-order valence-electron chi connectivity index (χ2n) is 3.58. The van der Waals surface area contributed by atoms with Gasteiger partial charge in [-0.1, -0.05) is 5.16 Å². The highest BCUT2D eigenvalue weighted by Crippen LogP contribution is 2.17. The van der Waals surface area contributed by atoms with Gasteiger partial charge in [-0.25, -0.2) is 4.79 Å². The number of hydrogen-bond acceptors (Lipinski definition) is 7. The highest BCUT2D eigenvalue weighted by atomic mass is 32.1. The monoisotopic (exact) mass is 276 g/mol. The molecule has 3 aromatic rings. The van der Waals surface area contributed by atoms with E-state index in [1.807, 2.05) is 0 Å². The predicted octanol–water partition coefficient (Wildman–Crippen LogP) is 2.75. The largest absolute Gasteiger partial charge is 0.459 e. The number of hydrogen-bond donors (Lipinski definition) is 0. The molecule has 0 atom stereocenters. The lowest BCUT2D eigenvalue weighted by Gasteiger charge is -1.98. The Hall–Kier alpha value is -2.41. The molecule has 0 unspecified atom stereocenters. The number of nitrogens with zero attached hydrogens (tertiary/aromatic N) is 2. The number of ether oxygens (including phenoxy) is 1.